The normalized spacial score (nSPS) is 13.8. The molecule has 5 heteroatoms. The molecular formula is C50H39N3OS. The molecule has 0 unspecified atom stereocenters. The molecule has 0 aliphatic carbocycles. The summed E-state index contributed by atoms with van der Waals surface area (Å²) in [7, 11) is 0. The Labute approximate surface area is 324 Å². The lowest BCUT2D eigenvalue weighted by Crippen LogP contribution is -2.26. The molecule has 4 nitrogen and oxygen atoms in total. The minimum atomic E-state index is -0.198. The summed E-state index contributed by atoms with van der Waals surface area (Å²) in [5.41, 5.74) is 13.0. The van der Waals surface area contributed by atoms with Gasteiger partial charge in [-0.3, -0.25) is 0 Å². The molecule has 266 valence electrons. The van der Waals surface area contributed by atoms with E-state index in [2.05, 4.69) is 134 Å². The Morgan fingerprint density at radius 2 is 1.51 bits per heavy atom. The van der Waals surface area contributed by atoms with E-state index in [4.69, 9.17) is 14.4 Å². The van der Waals surface area contributed by atoms with Crippen LogP contribution in [0, 0.1) is 6.92 Å². The highest BCUT2D eigenvalue weighted by Gasteiger charge is 2.36. The highest BCUT2D eigenvalue weighted by atomic mass is 32.1. The van der Waals surface area contributed by atoms with Gasteiger partial charge in [0.15, 0.2) is 5.82 Å². The van der Waals surface area contributed by atoms with Crippen LogP contribution >= 0.6 is 11.3 Å². The molecule has 0 bridgehead atoms. The summed E-state index contributed by atoms with van der Waals surface area (Å²) in [5, 5.41) is 5.02. The van der Waals surface area contributed by atoms with Gasteiger partial charge in [-0.15, -0.1) is 11.3 Å². The van der Waals surface area contributed by atoms with E-state index in [0.29, 0.717) is 5.82 Å². The third-order valence-electron chi connectivity index (χ3n) is 11.4. The van der Waals surface area contributed by atoms with Crippen LogP contribution in [0.3, 0.4) is 0 Å². The minimum Gasteiger partial charge on any atom is -0.460 e. The molecule has 1 aliphatic rings. The number of para-hydroxylation sites is 2. The van der Waals surface area contributed by atoms with Crippen molar-refractivity contribution in [2.75, 3.05) is 0 Å². The van der Waals surface area contributed by atoms with Crippen LogP contribution in [0.4, 0.5) is 0 Å². The van der Waals surface area contributed by atoms with E-state index in [0.717, 1.165) is 55.9 Å². The highest BCUT2D eigenvalue weighted by molar-refractivity contribution is 7.25. The number of allylic oxidation sites excluding steroid dienone is 2. The molecule has 5 heterocycles. The Bertz CT molecular complexity index is 3130. The second-order valence-electron chi connectivity index (χ2n) is 14.9. The molecule has 5 aromatic carbocycles. The molecule has 10 rings (SSSR count). The van der Waals surface area contributed by atoms with Crippen molar-refractivity contribution in [3.63, 3.8) is 0 Å². The van der Waals surface area contributed by atoms with E-state index >= 15 is 0 Å². The molecular weight excluding hydrogens is 691 g/mol. The Kier molecular flexibility index (Phi) is 7.49. The number of furan rings is 1. The monoisotopic (exact) mass is 729 g/mol. The zero-order chi connectivity index (χ0) is 37.6. The van der Waals surface area contributed by atoms with Gasteiger partial charge in [0.25, 0.3) is 0 Å². The van der Waals surface area contributed by atoms with Gasteiger partial charge in [0.2, 0.25) is 0 Å². The summed E-state index contributed by atoms with van der Waals surface area (Å²) in [6.45, 7) is 14.9. The average molecular weight is 730 g/mol. The first-order chi connectivity index (χ1) is 26.8. The Morgan fingerprint density at radius 3 is 2.33 bits per heavy atom. The van der Waals surface area contributed by atoms with E-state index < -0.39 is 0 Å². The number of fused-ring (bicyclic) bond motifs is 8. The molecule has 0 N–H and O–H groups in total. The predicted molar refractivity (Wildman–Crippen MR) is 233 cm³/mol. The minimum absolute atomic E-state index is 0.198. The Balaban J connectivity index is 1.13. The topological polar surface area (TPSA) is 43.9 Å². The SMILES string of the molecule is C=Cc1c(/C(=C\C)c2nc(-c3cccc(-c4ccc5c(c4)C(C)(C)c4cccc6c7c8ccccc8sc7n-5c46)c3)c3ccccc3n2)oc(C)c1/C=C\C. The van der Waals surface area contributed by atoms with E-state index in [1.807, 2.05) is 56.4 Å². The molecule has 0 amide bonds. The van der Waals surface area contributed by atoms with Gasteiger partial charge in [0.05, 0.1) is 28.0 Å². The largest absolute Gasteiger partial charge is 0.460 e. The fourth-order valence-electron chi connectivity index (χ4n) is 8.80. The second kappa shape index (κ2) is 12.4. The van der Waals surface area contributed by atoms with E-state index in [1.165, 1.54) is 53.6 Å². The second-order valence-corrected chi connectivity index (χ2v) is 15.9. The first kappa shape index (κ1) is 33.3. The number of hydrogen-bond donors (Lipinski definition) is 0. The highest BCUT2D eigenvalue weighted by Crippen LogP contribution is 2.51. The first-order valence-electron chi connectivity index (χ1n) is 18.9. The molecule has 9 aromatic rings. The summed E-state index contributed by atoms with van der Waals surface area (Å²) in [6.07, 6.45) is 7.98. The zero-order valence-corrected chi connectivity index (χ0v) is 32.4. The van der Waals surface area contributed by atoms with Crippen LogP contribution in [0.5, 0.6) is 0 Å². The van der Waals surface area contributed by atoms with Gasteiger partial charge in [-0.2, -0.15) is 0 Å². The number of aromatic nitrogens is 3. The number of nitrogens with zero attached hydrogens (tertiary/aromatic N) is 3. The molecule has 55 heavy (non-hydrogen) atoms. The molecule has 0 saturated carbocycles. The number of benzene rings is 5. The smallest absolute Gasteiger partial charge is 0.163 e. The molecule has 1 aliphatic heterocycles. The first-order valence-corrected chi connectivity index (χ1v) is 19.7. The fraction of sp³-hybridized carbons (Fsp3) is 0.120. The molecule has 0 spiro atoms. The van der Waals surface area contributed by atoms with Gasteiger partial charge in [-0.05, 0) is 73.4 Å². The summed E-state index contributed by atoms with van der Waals surface area (Å²) in [4.78, 5) is 11.7. The molecule has 0 atom stereocenters. The van der Waals surface area contributed by atoms with E-state index in [1.54, 1.807) is 0 Å². The standard InChI is InChI=1S/C50H39N3OS/c1-7-16-35-29(4)54-47(33(35)8-2)34(9-3)48-51-41-23-12-10-19-36(41)45(52-48)32-18-14-17-30(27-32)31-25-26-42-40(28-31)50(5,6)39-22-15-21-38-44-37-20-11-13-24-43(37)55-49(44)53(42)46(38)39/h7-28H,2H2,1,3-6H3/b16-7-,34-9+. The van der Waals surface area contributed by atoms with Crippen LogP contribution in [0.2, 0.25) is 0 Å². The average Bonchev–Trinajstić information content (AvgIpc) is 3.85. The molecule has 0 saturated heterocycles. The van der Waals surface area contributed by atoms with Crippen molar-refractivity contribution < 1.29 is 4.42 Å². The maximum Gasteiger partial charge on any atom is 0.163 e. The number of aryl methyl sites for hydroxylation is 1. The third kappa shape index (κ3) is 4.82. The van der Waals surface area contributed by atoms with E-state index in [9.17, 15) is 0 Å². The van der Waals surface area contributed by atoms with Gasteiger partial charge in [-0.1, -0.05) is 124 Å². The number of thiophene rings is 1. The van der Waals surface area contributed by atoms with Crippen LogP contribution in [0.25, 0.3) is 87.9 Å². The van der Waals surface area contributed by atoms with E-state index in [-0.39, 0.29) is 5.41 Å². The zero-order valence-electron chi connectivity index (χ0n) is 31.6. The maximum atomic E-state index is 6.40. The Hall–Kier alpha value is -6.30. The van der Waals surface area contributed by atoms with Crippen LogP contribution in [-0.2, 0) is 5.41 Å². The van der Waals surface area contributed by atoms with Crippen molar-refractivity contribution in [2.24, 2.45) is 0 Å². The van der Waals surface area contributed by atoms with Gasteiger partial charge in [-0.25, -0.2) is 9.97 Å². The van der Waals surface area contributed by atoms with Crippen molar-refractivity contribution in [2.45, 2.75) is 40.0 Å². The summed E-state index contributed by atoms with van der Waals surface area (Å²) < 4.78 is 10.2. The number of rotatable bonds is 6. The van der Waals surface area contributed by atoms with Gasteiger partial charge < -0.3 is 8.98 Å². The van der Waals surface area contributed by atoms with Crippen molar-refractivity contribution in [3.8, 4) is 28.1 Å². The fourth-order valence-corrected chi connectivity index (χ4v) is 10.0. The van der Waals surface area contributed by atoms with Crippen LogP contribution in [-0.4, -0.2) is 14.5 Å². The quantitative estimate of drug-likeness (QED) is 0.171. The van der Waals surface area contributed by atoms with Gasteiger partial charge in [0, 0.05) is 48.4 Å². The summed E-state index contributed by atoms with van der Waals surface area (Å²) >= 11 is 1.89. The maximum absolute atomic E-state index is 6.40. The van der Waals surface area contributed by atoms with Gasteiger partial charge in [0.1, 0.15) is 16.4 Å². The number of hydrogen-bond acceptors (Lipinski definition) is 4. The lowest BCUT2D eigenvalue weighted by atomic mass is 9.74. The predicted octanol–water partition coefficient (Wildman–Crippen LogP) is 13.9. The summed E-state index contributed by atoms with van der Waals surface area (Å²) in [6, 6.07) is 39.7. The van der Waals surface area contributed by atoms with Gasteiger partial charge >= 0.3 is 0 Å². The molecule has 0 fully saturated rings. The van der Waals surface area contributed by atoms with Crippen molar-refractivity contribution in [1.29, 1.82) is 0 Å². The molecule has 0 radical (unpaired) electrons. The lowest BCUT2D eigenvalue weighted by Gasteiger charge is -2.35. The van der Waals surface area contributed by atoms with Crippen molar-refractivity contribution in [1.82, 2.24) is 14.5 Å². The van der Waals surface area contributed by atoms with Crippen molar-refractivity contribution >= 4 is 71.2 Å². The third-order valence-corrected chi connectivity index (χ3v) is 12.6. The van der Waals surface area contributed by atoms with Crippen molar-refractivity contribution in [3.05, 3.63) is 168 Å². The van der Waals surface area contributed by atoms with Crippen LogP contribution in [0.1, 0.15) is 67.3 Å². The van der Waals surface area contributed by atoms with Crippen LogP contribution < -0.4 is 0 Å². The van der Waals surface area contributed by atoms with Crippen LogP contribution in [0.15, 0.2) is 132 Å². The Morgan fingerprint density at radius 1 is 0.764 bits per heavy atom. The summed E-state index contributed by atoms with van der Waals surface area (Å²) in [5.74, 6) is 2.18. The lowest BCUT2D eigenvalue weighted by molar-refractivity contribution is 0.520. The molecule has 4 aromatic heterocycles.